The number of carbonyl (C=O) groups excluding carboxylic acids is 2. The third kappa shape index (κ3) is 3.55. The first-order valence-electron chi connectivity index (χ1n) is 10.2. The smallest absolute Gasteiger partial charge is 0.243 e. The molecule has 28 heavy (non-hydrogen) atoms. The number of anilines is 1. The van der Waals surface area contributed by atoms with Gasteiger partial charge in [-0.15, -0.1) is 0 Å². The summed E-state index contributed by atoms with van der Waals surface area (Å²) in [5.41, 5.74) is 1.40. The third-order valence-corrected chi connectivity index (χ3v) is 7.68. The van der Waals surface area contributed by atoms with Crippen LogP contribution in [0.1, 0.15) is 51.0 Å². The second kappa shape index (κ2) is 7.48. The molecule has 0 unspecified atom stereocenters. The van der Waals surface area contributed by atoms with Gasteiger partial charge in [0, 0.05) is 37.7 Å². The van der Waals surface area contributed by atoms with Crippen LogP contribution in [-0.4, -0.2) is 49.7 Å². The van der Waals surface area contributed by atoms with Crippen molar-refractivity contribution in [3.63, 3.8) is 0 Å². The summed E-state index contributed by atoms with van der Waals surface area (Å²) in [5.74, 6) is -0.276. The number of fused-ring (bicyclic) bond motifs is 1. The van der Waals surface area contributed by atoms with Gasteiger partial charge in [0.05, 0.1) is 4.90 Å². The lowest BCUT2D eigenvalue weighted by molar-refractivity contribution is -0.126. The largest absolute Gasteiger partial charge is 0.352 e. The van der Waals surface area contributed by atoms with Crippen LogP contribution >= 0.6 is 0 Å². The molecule has 0 radical (unpaired) electrons. The van der Waals surface area contributed by atoms with Gasteiger partial charge in [0.25, 0.3) is 0 Å². The van der Waals surface area contributed by atoms with Gasteiger partial charge < -0.3 is 5.32 Å². The molecule has 8 heteroatoms. The van der Waals surface area contributed by atoms with E-state index in [2.05, 4.69) is 5.32 Å². The van der Waals surface area contributed by atoms with Gasteiger partial charge in [0.1, 0.15) is 6.04 Å². The van der Waals surface area contributed by atoms with Gasteiger partial charge in [0.2, 0.25) is 21.8 Å². The quantitative estimate of drug-likeness (QED) is 0.809. The van der Waals surface area contributed by atoms with E-state index in [1.165, 1.54) is 0 Å². The van der Waals surface area contributed by atoms with Crippen molar-refractivity contribution in [1.82, 2.24) is 9.62 Å². The second-order valence-corrected chi connectivity index (χ2v) is 9.81. The summed E-state index contributed by atoms with van der Waals surface area (Å²) in [4.78, 5) is 27.0. The molecular weight excluding hydrogens is 378 g/mol. The summed E-state index contributed by atoms with van der Waals surface area (Å²) in [6.45, 7) is 2.87. The molecule has 1 aromatic rings. The normalized spacial score (nSPS) is 22.8. The van der Waals surface area contributed by atoms with Crippen LogP contribution in [0.2, 0.25) is 0 Å². The Labute approximate surface area is 166 Å². The summed E-state index contributed by atoms with van der Waals surface area (Å²) in [5, 5.41) is 2.98. The minimum absolute atomic E-state index is 0.124. The molecule has 4 rings (SSSR count). The maximum absolute atomic E-state index is 13.0. The molecule has 2 heterocycles. The van der Waals surface area contributed by atoms with Gasteiger partial charge in [-0.3, -0.25) is 14.5 Å². The molecule has 1 N–H and O–H groups in total. The first-order chi connectivity index (χ1) is 13.4. The Bertz CT molecular complexity index is 889. The zero-order valence-electron chi connectivity index (χ0n) is 16.2. The van der Waals surface area contributed by atoms with E-state index in [4.69, 9.17) is 0 Å². The van der Waals surface area contributed by atoms with Crippen LogP contribution in [0.5, 0.6) is 0 Å². The highest BCUT2D eigenvalue weighted by Crippen LogP contribution is 2.36. The Kier molecular flexibility index (Phi) is 5.18. The predicted molar refractivity (Wildman–Crippen MR) is 105 cm³/mol. The zero-order chi connectivity index (χ0) is 19.9. The van der Waals surface area contributed by atoms with Gasteiger partial charge in [-0.05, 0) is 49.4 Å². The molecule has 0 aromatic heterocycles. The van der Waals surface area contributed by atoms with Gasteiger partial charge in [0.15, 0.2) is 0 Å². The van der Waals surface area contributed by atoms with E-state index >= 15 is 0 Å². The minimum atomic E-state index is -3.54. The molecule has 1 aromatic carbocycles. The fourth-order valence-corrected chi connectivity index (χ4v) is 5.62. The number of benzene rings is 1. The molecular formula is C20H27N3O4S. The number of hydrogen-bond donors (Lipinski definition) is 1. The number of nitrogens with zero attached hydrogens (tertiary/aromatic N) is 2. The topological polar surface area (TPSA) is 86.8 Å². The maximum atomic E-state index is 13.0. The highest BCUT2D eigenvalue weighted by atomic mass is 32.2. The molecule has 0 spiro atoms. The fourth-order valence-electron chi connectivity index (χ4n) is 4.06. The second-order valence-electron chi connectivity index (χ2n) is 7.88. The van der Waals surface area contributed by atoms with Gasteiger partial charge >= 0.3 is 0 Å². The molecule has 152 valence electrons. The van der Waals surface area contributed by atoms with E-state index in [1.54, 1.807) is 34.3 Å². The molecule has 0 bridgehead atoms. The predicted octanol–water partition coefficient (Wildman–Crippen LogP) is 1.81. The van der Waals surface area contributed by atoms with Crippen LogP contribution in [-0.2, 0) is 26.0 Å². The lowest BCUT2D eigenvalue weighted by Crippen LogP contribution is -2.48. The number of carbonyl (C=O) groups is 2. The number of amides is 2. The van der Waals surface area contributed by atoms with E-state index in [-0.39, 0.29) is 22.8 Å². The minimum Gasteiger partial charge on any atom is -0.352 e. The van der Waals surface area contributed by atoms with E-state index in [9.17, 15) is 18.0 Å². The van der Waals surface area contributed by atoms with Crippen molar-refractivity contribution in [2.75, 3.05) is 18.0 Å². The van der Waals surface area contributed by atoms with Crippen molar-refractivity contribution in [2.45, 2.75) is 68.8 Å². The standard InChI is InChI=1S/C20H27N3O4S/c1-2-19(24)23-17-9-8-16(28(26,27)22-10-4-3-5-11-22)12-14(17)13-18(23)20(25)21-15-6-7-15/h8-9,12,15,18H,2-7,10-11,13H2,1H3,(H,21,25)/t18-/m0/s1. The number of nitrogens with one attached hydrogen (secondary N) is 1. The Morgan fingerprint density at radius 3 is 2.50 bits per heavy atom. The molecule has 2 fully saturated rings. The third-order valence-electron chi connectivity index (χ3n) is 5.79. The molecule has 1 aliphatic carbocycles. The summed E-state index contributed by atoms with van der Waals surface area (Å²) in [6.07, 6.45) is 5.42. The Balaban J connectivity index is 1.64. The SMILES string of the molecule is CCC(=O)N1c2ccc(S(=O)(=O)N3CCCCC3)cc2C[C@H]1C(=O)NC1CC1. The van der Waals surface area contributed by atoms with Gasteiger partial charge in [-0.2, -0.15) is 4.31 Å². The molecule has 1 saturated heterocycles. The summed E-state index contributed by atoms with van der Waals surface area (Å²) >= 11 is 0. The summed E-state index contributed by atoms with van der Waals surface area (Å²) < 4.78 is 27.5. The monoisotopic (exact) mass is 405 g/mol. The van der Waals surface area contributed by atoms with Gasteiger partial charge in [-0.25, -0.2) is 8.42 Å². The molecule has 2 aliphatic heterocycles. The first kappa shape index (κ1) is 19.4. The van der Waals surface area contributed by atoms with Crippen molar-refractivity contribution in [1.29, 1.82) is 0 Å². The lowest BCUT2D eigenvalue weighted by Gasteiger charge is -2.26. The number of piperidine rings is 1. The lowest BCUT2D eigenvalue weighted by atomic mass is 10.1. The van der Waals surface area contributed by atoms with Crippen LogP contribution in [0, 0.1) is 0 Å². The average molecular weight is 406 g/mol. The van der Waals surface area contributed by atoms with Gasteiger partial charge in [-0.1, -0.05) is 13.3 Å². The average Bonchev–Trinajstić information content (AvgIpc) is 3.44. The highest BCUT2D eigenvalue weighted by Gasteiger charge is 2.40. The fraction of sp³-hybridized carbons (Fsp3) is 0.600. The van der Waals surface area contributed by atoms with Crippen molar-refractivity contribution in [3.8, 4) is 0 Å². The van der Waals surface area contributed by atoms with Crippen molar-refractivity contribution >= 4 is 27.5 Å². The van der Waals surface area contributed by atoms with Crippen LogP contribution in [0.3, 0.4) is 0 Å². The van der Waals surface area contributed by atoms with Crippen LogP contribution in [0.25, 0.3) is 0 Å². The molecule has 1 atom stereocenters. The Morgan fingerprint density at radius 2 is 1.86 bits per heavy atom. The van der Waals surface area contributed by atoms with E-state index in [1.807, 2.05) is 0 Å². The Morgan fingerprint density at radius 1 is 1.14 bits per heavy atom. The zero-order valence-corrected chi connectivity index (χ0v) is 17.0. The summed E-state index contributed by atoms with van der Waals surface area (Å²) in [6, 6.07) is 4.52. The van der Waals surface area contributed by atoms with Crippen molar-refractivity contribution in [3.05, 3.63) is 23.8 Å². The molecule has 1 saturated carbocycles. The maximum Gasteiger partial charge on any atom is 0.243 e. The highest BCUT2D eigenvalue weighted by molar-refractivity contribution is 7.89. The molecule has 2 amide bonds. The van der Waals surface area contributed by atoms with E-state index < -0.39 is 16.1 Å². The van der Waals surface area contributed by atoms with Crippen LogP contribution in [0.15, 0.2) is 23.1 Å². The molecule has 7 nitrogen and oxygen atoms in total. The first-order valence-corrected chi connectivity index (χ1v) is 11.6. The number of hydrogen-bond acceptors (Lipinski definition) is 4. The van der Waals surface area contributed by atoms with Crippen LogP contribution < -0.4 is 10.2 Å². The number of rotatable bonds is 5. The van der Waals surface area contributed by atoms with E-state index in [0.29, 0.717) is 31.6 Å². The Hall–Kier alpha value is -1.93. The van der Waals surface area contributed by atoms with Crippen molar-refractivity contribution in [2.24, 2.45) is 0 Å². The van der Waals surface area contributed by atoms with E-state index in [0.717, 1.165) is 37.7 Å². The van der Waals surface area contributed by atoms with Crippen LogP contribution in [0.4, 0.5) is 5.69 Å². The summed E-state index contributed by atoms with van der Waals surface area (Å²) in [7, 11) is -3.54. The molecule has 3 aliphatic rings. The van der Waals surface area contributed by atoms with Crippen molar-refractivity contribution < 1.29 is 18.0 Å². The number of sulfonamides is 1.